The van der Waals surface area contributed by atoms with Gasteiger partial charge in [-0.2, -0.15) is 0 Å². The highest BCUT2D eigenvalue weighted by Crippen LogP contribution is 2.90. The first-order valence-electron chi connectivity index (χ1n) is 21.1. The minimum Gasteiger partial charge on any atom is -0.511 e. The average Bonchev–Trinajstić information content (AvgIpc) is 3.50. The standard InChI is InChI=1S/C44H54O19/c1-18(2)27(49)26-28-37(8,29(58-32(26)50)23-13-14-54-16-23)30(55-20(4)45)31(56-21(5)46)44-39(10)24(15-25(48)53-12)36(7)17-41(39)42(52,33(36)59-35(51)38(9)19(3)60-38)34(57-22(6)47)43(28,44)62-40(11,61-41)63-44/h13-14,16,18-19,24,28-31,33-34,49,52H,15,17H2,1-12H3/b27-26-/t19?,24-,28+,29-,30-,31+,33-,34+,36+,37+,38?,39+,40?,41?,42-,43+,44-/m0/s1. The summed E-state index contributed by atoms with van der Waals surface area (Å²) in [6, 6.07) is 1.50. The van der Waals surface area contributed by atoms with Crippen LogP contribution in [0.5, 0.6) is 0 Å². The lowest BCUT2D eigenvalue weighted by Crippen LogP contribution is -2.97. The molecule has 4 saturated carbocycles. The Labute approximate surface area is 362 Å². The van der Waals surface area contributed by atoms with Crippen molar-refractivity contribution in [1.82, 2.24) is 0 Å². The largest absolute Gasteiger partial charge is 0.511 e. The van der Waals surface area contributed by atoms with Crippen molar-refractivity contribution in [2.45, 2.75) is 160 Å². The fourth-order valence-electron chi connectivity index (χ4n) is 14.2. The molecule has 8 aliphatic rings. The van der Waals surface area contributed by atoms with Crippen molar-refractivity contribution in [3.8, 4) is 0 Å². The summed E-state index contributed by atoms with van der Waals surface area (Å²) in [5, 5.41) is 26.7. The van der Waals surface area contributed by atoms with Crippen LogP contribution >= 0.6 is 0 Å². The van der Waals surface area contributed by atoms with Gasteiger partial charge in [0.15, 0.2) is 40.7 Å². The molecular weight excluding hydrogens is 832 g/mol. The van der Waals surface area contributed by atoms with E-state index in [4.69, 9.17) is 51.8 Å². The van der Waals surface area contributed by atoms with Gasteiger partial charge in [-0.3, -0.25) is 19.2 Å². The second-order valence-electron chi connectivity index (χ2n) is 19.9. The van der Waals surface area contributed by atoms with Crippen LogP contribution in [0.4, 0.5) is 0 Å². The average molecular weight is 887 g/mol. The summed E-state index contributed by atoms with van der Waals surface area (Å²) in [5.41, 5.74) is -16.9. The van der Waals surface area contributed by atoms with Crippen molar-refractivity contribution in [2.75, 3.05) is 7.11 Å². The first kappa shape index (κ1) is 43.7. The highest BCUT2D eigenvalue weighted by atomic mass is 16.9. The van der Waals surface area contributed by atoms with Crippen molar-refractivity contribution in [1.29, 1.82) is 0 Å². The number of methoxy groups -OCH3 is 1. The molecule has 17 atom stereocenters. The highest BCUT2D eigenvalue weighted by Gasteiger charge is 3.07. The number of furan rings is 1. The number of hydrogen-bond donors (Lipinski definition) is 2. The molecule has 19 nitrogen and oxygen atoms in total. The topological polar surface area (TPSA) is 252 Å². The third-order valence-corrected chi connectivity index (χ3v) is 16.4. The zero-order valence-electron chi connectivity index (χ0n) is 37.2. The molecular formula is C44H54O19. The van der Waals surface area contributed by atoms with Crippen LogP contribution in [0, 0.1) is 34.0 Å². The first-order valence-corrected chi connectivity index (χ1v) is 21.1. The van der Waals surface area contributed by atoms with Gasteiger partial charge in [0.1, 0.15) is 23.6 Å². The quantitative estimate of drug-likeness (QED) is 0.119. The Bertz CT molecular complexity index is 2270. The number of fused-ring (bicyclic) bond motifs is 3. The minimum absolute atomic E-state index is 0.218. The van der Waals surface area contributed by atoms with E-state index in [1.165, 1.54) is 39.5 Å². The molecule has 8 fully saturated rings. The van der Waals surface area contributed by atoms with Crippen LogP contribution in [0.25, 0.3) is 0 Å². The molecule has 0 amide bonds. The molecule has 4 bridgehead atoms. The first-order chi connectivity index (χ1) is 29.2. The van der Waals surface area contributed by atoms with Crippen molar-refractivity contribution >= 4 is 35.8 Å². The number of carbonyl (C=O) groups excluding carboxylic acids is 6. The van der Waals surface area contributed by atoms with E-state index in [-0.39, 0.29) is 12.0 Å². The minimum atomic E-state index is -2.69. The van der Waals surface area contributed by atoms with Gasteiger partial charge in [0.2, 0.25) is 0 Å². The van der Waals surface area contributed by atoms with Gasteiger partial charge in [0, 0.05) is 62.3 Å². The predicted molar refractivity (Wildman–Crippen MR) is 205 cm³/mol. The lowest BCUT2D eigenvalue weighted by Gasteiger charge is -2.78. The van der Waals surface area contributed by atoms with Crippen molar-refractivity contribution in [3.63, 3.8) is 0 Å². The summed E-state index contributed by atoms with van der Waals surface area (Å²) in [6.45, 7) is 16.0. The van der Waals surface area contributed by atoms with Gasteiger partial charge in [0.25, 0.3) is 5.97 Å². The number of carbonyl (C=O) groups is 6. The molecule has 1 aromatic heterocycles. The van der Waals surface area contributed by atoms with E-state index in [0.29, 0.717) is 0 Å². The number of epoxide rings is 1. The zero-order chi connectivity index (χ0) is 46.2. The monoisotopic (exact) mass is 886 g/mol. The van der Waals surface area contributed by atoms with Crippen LogP contribution in [0.3, 0.4) is 0 Å². The summed E-state index contributed by atoms with van der Waals surface area (Å²) in [7, 11) is 1.19. The van der Waals surface area contributed by atoms with Crippen LogP contribution < -0.4 is 0 Å². The Morgan fingerprint density at radius 2 is 1.51 bits per heavy atom. The second kappa shape index (κ2) is 12.8. The number of hydrogen-bond acceptors (Lipinski definition) is 19. The molecule has 344 valence electrons. The fraction of sp³-hybridized carbons (Fsp3) is 0.727. The van der Waals surface area contributed by atoms with Crippen LogP contribution in [0.1, 0.15) is 101 Å². The van der Waals surface area contributed by atoms with Gasteiger partial charge in [-0.05, 0) is 32.3 Å². The molecule has 2 N–H and O–H groups in total. The Balaban J connectivity index is 1.49. The van der Waals surface area contributed by atoms with E-state index in [0.717, 1.165) is 20.8 Å². The summed E-state index contributed by atoms with van der Waals surface area (Å²) < 4.78 is 70.1. The Morgan fingerprint density at radius 3 is 2.05 bits per heavy atom. The van der Waals surface area contributed by atoms with Crippen molar-refractivity contribution < 1.29 is 90.8 Å². The third-order valence-electron chi connectivity index (χ3n) is 16.4. The smallest absolute Gasteiger partial charge is 0.341 e. The van der Waals surface area contributed by atoms with Gasteiger partial charge in [-0.1, -0.05) is 34.6 Å². The summed E-state index contributed by atoms with van der Waals surface area (Å²) in [4.78, 5) is 84.6. The lowest BCUT2D eigenvalue weighted by molar-refractivity contribution is -0.490. The SMILES string of the molecule is COC(=O)C[C@H]1[C@@]2(C)CC34OC5(C)O[C@]6([C@@H]7/C(=C(/O)C(C)C)C(=O)O[C@@H](c8ccoc8)[C@]7(C)[C@@H](OC(C)=O)[C@@H](OC(C)=O)[C@]6(O5)[C@]13C)[C@H](OC(C)=O)[C@@]4(O)[C@H]2OC(=O)C1(C)OC1C. The molecule has 4 aliphatic heterocycles. The van der Waals surface area contributed by atoms with Gasteiger partial charge in [-0.25, -0.2) is 9.59 Å². The van der Waals surface area contributed by atoms with Crippen LogP contribution in [0.15, 0.2) is 34.3 Å². The van der Waals surface area contributed by atoms with Crippen LogP contribution in [0.2, 0.25) is 0 Å². The zero-order valence-corrected chi connectivity index (χ0v) is 37.2. The van der Waals surface area contributed by atoms with Gasteiger partial charge in [0.05, 0.1) is 36.7 Å². The molecule has 4 saturated heterocycles. The van der Waals surface area contributed by atoms with Gasteiger partial charge >= 0.3 is 35.8 Å². The molecule has 19 heteroatoms. The lowest BCUT2D eigenvalue weighted by atomic mass is 9.32. The normalized spacial score (nSPS) is 49.9. The van der Waals surface area contributed by atoms with E-state index in [1.807, 2.05) is 0 Å². The molecule has 0 radical (unpaired) electrons. The number of aliphatic hydroxyl groups excluding tert-OH is 1. The van der Waals surface area contributed by atoms with Gasteiger partial charge in [-0.15, -0.1) is 0 Å². The van der Waals surface area contributed by atoms with E-state index < -0.39 is 158 Å². The van der Waals surface area contributed by atoms with Crippen molar-refractivity contribution in [3.05, 3.63) is 35.5 Å². The maximum Gasteiger partial charge on any atom is 0.341 e. The van der Waals surface area contributed by atoms with Crippen LogP contribution in [-0.2, 0) is 76.1 Å². The second-order valence-corrected chi connectivity index (χ2v) is 19.9. The van der Waals surface area contributed by atoms with E-state index >= 15 is 4.79 Å². The van der Waals surface area contributed by atoms with E-state index in [2.05, 4.69) is 0 Å². The number of allylic oxidation sites excluding steroid dienone is 1. The third kappa shape index (κ3) is 4.72. The summed E-state index contributed by atoms with van der Waals surface area (Å²) in [6.07, 6.45) is -7.49. The molecule has 1 aromatic rings. The molecule has 0 aromatic carbocycles. The number of rotatable bonds is 9. The maximum atomic E-state index is 15.0. The number of esters is 6. The number of cyclic esters (lactones) is 1. The maximum absolute atomic E-state index is 15.0. The molecule has 5 heterocycles. The highest BCUT2D eigenvalue weighted by molar-refractivity contribution is 5.92. The predicted octanol–water partition coefficient (Wildman–Crippen LogP) is 3.19. The molecule has 4 unspecified atom stereocenters. The van der Waals surface area contributed by atoms with E-state index in [1.54, 1.807) is 41.5 Å². The summed E-state index contributed by atoms with van der Waals surface area (Å²) >= 11 is 0. The Morgan fingerprint density at radius 1 is 0.889 bits per heavy atom. The summed E-state index contributed by atoms with van der Waals surface area (Å²) in [5.74, 6) is -12.0. The van der Waals surface area contributed by atoms with Crippen LogP contribution in [-0.4, -0.2) is 118 Å². The fourth-order valence-corrected chi connectivity index (χ4v) is 14.2. The van der Waals surface area contributed by atoms with Crippen molar-refractivity contribution in [2.24, 2.45) is 34.0 Å². The van der Waals surface area contributed by atoms with Gasteiger partial charge < -0.3 is 62.0 Å². The van der Waals surface area contributed by atoms with E-state index in [9.17, 15) is 34.2 Å². The Kier molecular flexibility index (Phi) is 8.89. The number of ether oxygens (including phenoxy) is 10. The Hall–Kier alpha value is -4.56. The molecule has 2 spiro atoms. The number of aliphatic hydroxyl groups is 2. The molecule has 9 rings (SSSR count). The molecule has 63 heavy (non-hydrogen) atoms. The molecule has 4 aliphatic carbocycles.